The number of hydrogen-bond acceptors (Lipinski definition) is 4. The molecule has 0 heterocycles. The lowest BCUT2D eigenvalue weighted by atomic mass is 10.1. The molecule has 0 atom stereocenters. The predicted octanol–water partition coefficient (Wildman–Crippen LogP) is 2.86. The minimum atomic E-state index is -2.90. The molecule has 0 amide bonds. The van der Waals surface area contributed by atoms with Gasteiger partial charge in [0.2, 0.25) is 0 Å². The Morgan fingerprint density at radius 1 is 1.11 bits per heavy atom. The zero-order valence-electron chi connectivity index (χ0n) is 10.3. The number of carbonyl (C=O) groups excluding carboxylic acids is 1. The van der Waals surface area contributed by atoms with E-state index in [4.69, 9.17) is 9.63 Å². The molecule has 1 rings (SSSR count). The standard InChI is InChI=1S/C12H15O5P/c1-3-18(16,4-2)17-12(15)10-7-5-9(6-8-10)11(13)14/h5-8H,3-4H2,1-2H3,(H,13,14). The third-order valence-electron chi connectivity index (χ3n) is 2.58. The Labute approximate surface area is 105 Å². The molecule has 0 fully saturated rings. The molecule has 1 aromatic carbocycles. The van der Waals surface area contributed by atoms with Gasteiger partial charge in [0.25, 0.3) is 7.37 Å². The molecule has 0 spiro atoms. The van der Waals surface area contributed by atoms with Crippen LogP contribution >= 0.6 is 7.37 Å². The monoisotopic (exact) mass is 270 g/mol. The minimum absolute atomic E-state index is 0.0840. The largest absolute Gasteiger partial charge is 0.478 e. The molecule has 0 unspecified atom stereocenters. The van der Waals surface area contributed by atoms with Crippen molar-refractivity contribution in [2.45, 2.75) is 13.8 Å². The van der Waals surface area contributed by atoms with Gasteiger partial charge < -0.3 is 9.63 Å². The third-order valence-corrected chi connectivity index (χ3v) is 5.01. The van der Waals surface area contributed by atoms with Crippen molar-refractivity contribution < 1.29 is 23.8 Å². The van der Waals surface area contributed by atoms with Crippen LogP contribution in [0.1, 0.15) is 34.6 Å². The van der Waals surface area contributed by atoms with Crippen LogP contribution in [0.3, 0.4) is 0 Å². The maximum atomic E-state index is 12.0. The Balaban J connectivity index is 2.85. The number of rotatable bonds is 5. The van der Waals surface area contributed by atoms with Gasteiger partial charge in [-0.3, -0.25) is 4.57 Å². The highest BCUT2D eigenvalue weighted by atomic mass is 31.2. The van der Waals surface area contributed by atoms with Gasteiger partial charge in [0.15, 0.2) is 0 Å². The first kappa shape index (κ1) is 14.5. The highest BCUT2D eigenvalue weighted by molar-refractivity contribution is 7.59. The zero-order valence-corrected chi connectivity index (χ0v) is 11.1. The minimum Gasteiger partial charge on any atom is -0.478 e. The van der Waals surface area contributed by atoms with E-state index >= 15 is 0 Å². The molecular formula is C12H15O5P. The van der Waals surface area contributed by atoms with E-state index < -0.39 is 19.3 Å². The van der Waals surface area contributed by atoms with Gasteiger partial charge in [0.05, 0.1) is 11.1 Å². The highest BCUT2D eigenvalue weighted by Gasteiger charge is 2.23. The summed E-state index contributed by atoms with van der Waals surface area (Å²) in [6.07, 6.45) is 0.588. The molecule has 0 aliphatic rings. The van der Waals surface area contributed by atoms with Gasteiger partial charge in [0, 0.05) is 12.3 Å². The number of hydrogen-bond donors (Lipinski definition) is 1. The van der Waals surface area contributed by atoms with E-state index in [1.807, 2.05) is 0 Å². The second kappa shape index (κ2) is 5.83. The van der Waals surface area contributed by atoms with E-state index in [1.54, 1.807) is 13.8 Å². The zero-order chi connectivity index (χ0) is 13.8. The molecule has 1 aromatic rings. The van der Waals surface area contributed by atoms with Crippen molar-refractivity contribution in [1.82, 2.24) is 0 Å². The Morgan fingerprint density at radius 3 is 1.94 bits per heavy atom. The van der Waals surface area contributed by atoms with E-state index in [0.717, 1.165) is 0 Å². The maximum Gasteiger partial charge on any atom is 0.343 e. The van der Waals surface area contributed by atoms with E-state index in [-0.39, 0.29) is 11.1 Å². The van der Waals surface area contributed by atoms with Crippen molar-refractivity contribution in [3.05, 3.63) is 35.4 Å². The maximum absolute atomic E-state index is 12.0. The fourth-order valence-corrected chi connectivity index (χ4v) is 2.42. The van der Waals surface area contributed by atoms with Crippen molar-refractivity contribution in [1.29, 1.82) is 0 Å². The summed E-state index contributed by atoms with van der Waals surface area (Å²) in [6.45, 7) is 3.40. The van der Waals surface area contributed by atoms with E-state index in [9.17, 15) is 14.2 Å². The summed E-state index contributed by atoms with van der Waals surface area (Å²) in [6, 6.07) is 5.31. The van der Waals surface area contributed by atoms with Gasteiger partial charge in [-0.15, -0.1) is 0 Å². The fourth-order valence-electron chi connectivity index (χ4n) is 1.31. The first-order valence-electron chi connectivity index (χ1n) is 5.57. The number of aromatic carboxylic acids is 1. The number of carboxylic acid groups (broad SMARTS) is 1. The summed E-state index contributed by atoms with van der Waals surface area (Å²) in [7, 11) is -2.90. The lowest BCUT2D eigenvalue weighted by Crippen LogP contribution is -2.06. The molecular weight excluding hydrogens is 255 g/mol. The van der Waals surface area contributed by atoms with E-state index in [2.05, 4.69) is 0 Å². The molecule has 0 aliphatic carbocycles. The Morgan fingerprint density at radius 2 is 1.56 bits per heavy atom. The average molecular weight is 270 g/mol. The molecule has 1 N–H and O–H groups in total. The van der Waals surface area contributed by atoms with Gasteiger partial charge in [-0.1, -0.05) is 13.8 Å². The Bertz CT molecular complexity index is 484. The predicted molar refractivity (Wildman–Crippen MR) is 67.5 cm³/mol. The summed E-state index contributed by atoms with van der Waals surface area (Å²) >= 11 is 0. The molecule has 0 bridgehead atoms. The van der Waals surface area contributed by atoms with Gasteiger partial charge in [-0.25, -0.2) is 9.59 Å². The van der Waals surface area contributed by atoms with Crippen LogP contribution in [0.5, 0.6) is 0 Å². The van der Waals surface area contributed by atoms with Gasteiger partial charge in [0.1, 0.15) is 0 Å². The molecule has 18 heavy (non-hydrogen) atoms. The van der Waals surface area contributed by atoms with Crippen molar-refractivity contribution in [3.63, 3.8) is 0 Å². The topological polar surface area (TPSA) is 80.7 Å². The van der Waals surface area contributed by atoms with Crippen LogP contribution in [-0.2, 0) is 9.09 Å². The second-order valence-electron chi connectivity index (χ2n) is 3.71. The summed E-state index contributed by atoms with van der Waals surface area (Å²) in [5, 5.41) is 8.72. The van der Waals surface area contributed by atoms with Crippen LogP contribution < -0.4 is 0 Å². The smallest absolute Gasteiger partial charge is 0.343 e. The van der Waals surface area contributed by atoms with Crippen LogP contribution in [0.2, 0.25) is 0 Å². The second-order valence-corrected chi connectivity index (χ2v) is 6.78. The molecule has 0 saturated carbocycles. The normalized spacial score (nSPS) is 11.0. The van der Waals surface area contributed by atoms with Crippen LogP contribution in [0, 0.1) is 0 Å². The summed E-state index contributed by atoms with van der Waals surface area (Å²) in [5.74, 6) is -1.75. The average Bonchev–Trinajstić information content (AvgIpc) is 2.38. The molecule has 98 valence electrons. The van der Waals surface area contributed by atoms with Crippen LogP contribution in [-0.4, -0.2) is 29.4 Å². The van der Waals surface area contributed by atoms with Crippen LogP contribution in [0.4, 0.5) is 0 Å². The highest BCUT2D eigenvalue weighted by Crippen LogP contribution is 2.46. The SMILES string of the molecule is CCP(=O)(CC)OC(=O)c1ccc(C(=O)O)cc1. The third kappa shape index (κ3) is 3.44. The molecule has 0 radical (unpaired) electrons. The van der Waals surface area contributed by atoms with Crippen molar-refractivity contribution in [2.75, 3.05) is 12.3 Å². The molecule has 0 saturated heterocycles. The van der Waals surface area contributed by atoms with Crippen LogP contribution in [0.25, 0.3) is 0 Å². The first-order valence-corrected chi connectivity index (χ1v) is 7.56. The number of carbonyl (C=O) groups is 2. The molecule has 5 nitrogen and oxygen atoms in total. The molecule has 0 aliphatic heterocycles. The first-order chi connectivity index (χ1) is 8.41. The van der Waals surface area contributed by atoms with Gasteiger partial charge >= 0.3 is 11.9 Å². The number of carboxylic acids is 1. The molecule has 0 aromatic heterocycles. The van der Waals surface area contributed by atoms with Crippen molar-refractivity contribution >= 4 is 19.3 Å². The van der Waals surface area contributed by atoms with Gasteiger partial charge in [-0.05, 0) is 24.3 Å². The summed E-state index contributed by atoms with van der Waals surface area (Å²) < 4.78 is 17.0. The van der Waals surface area contributed by atoms with Crippen molar-refractivity contribution in [3.8, 4) is 0 Å². The Hall–Kier alpha value is -1.61. The number of benzene rings is 1. The Kier molecular flexibility index (Phi) is 4.68. The van der Waals surface area contributed by atoms with E-state index in [0.29, 0.717) is 12.3 Å². The van der Waals surface area contributed by atoms with E-state index in [1.165, 1.54) is 24.3 Å². The quantitative estimate of drug-likeness (QED) is 0.832. The summed E-state index contributed by atoms with van der Waals surface area (Å²) in [5.41, 5.74) is 0.280. The molecule has 6 heteroatoms. The van der Waals surface area contributed by atoms with Crippen molar-refractivity contribution in [2.24, 2.45) is 0 Å². The van der Waals surface area contributed by atoms with Gasteiger partial charge in [-0.2, -0.15) is 0 Å². The lowest BCUT2D eigenvalue weighted by molar-refractivity contribution is 0.0692. The van der Waals surface area contributed by atoms with Crippen LogP contribution in [0.15, 0.2) is 24.3 Å². The lowest BCUT2D eigenvalue weighted by Gasteiger charge is -2.14. The summed E-state index contributed by atoms with van der Waals surface area (Å²) in [4.78, 5) is 22.4. The fraction of sp³-hybridized carbons (Fsp3) is 0.333.